The summed E-state index contributed by atoms with van der Waals surface area (Å²) in [6.45, 7) is 2.41. The van der Waals surface area contributed by atoms with E-state index in [0.717, 1.165) is 5.56 Å². The Labute approximate surface area is 118 Å². The summed E-state index contributed by atoms with van der Waals surface area (Å²) in [5.41, 5.74) is 1.09. The topological polar surface area (TPSA) is 82.5 Å². The lowest BCUT2D eigenvalue weighted by atomic mass is 10.2. The monoisotopic (exact) mass is 279 g/mol. The number of carboxylic acid groups (broad SMARTS) is 1. The van der Waals surface area contributed by atoms with Crippen molar-refractivity contribution in [2.24, 2.45) is 0 Å². The van der Waals surface area contributed by atoms with E-state index in [4.69, 9.17) is 5.11 Å². The maximum Gasteiger partial charge on any atom is 0.326 e. The standard InChI is InChI=1S/C14H21N3O3/c1-3-4-12(13(18)19)16-14(20)17(2)10-7-11-5-8-15-9-6-11/h5-6,8-9,12H,3-4,7,10H2,1-2H3,(H,16,20)(H,18,19)/t12-/m0/s1. The fraction of sp³-hybridized carbons (Fsp3) is 0.500. The summed E-state index contributed by atoms with van der Waals surface area (Å²) in [5.74, 6) is -0.997. The Morgan fingerprint density at radius 1 is 1.40 bits per heavy atom. The van der Waals surface area contributed by atoms with Gasteiger partial charge in [-0.05, 0) is 30.5 Å². The predicted octanol–water partition coefficient (Wildman–Crippen LogP) is 1.52. The van der Waals surface area contributed by atoms with E-state index in [9.17, 15) is 9.59 Å². The summed E-state index contributed by atoms with van der Waals surface area (Å²) in [7, 11) is 1.65. The van der Waals surface area contributed by atoms with Crippen molar-refractivity contribution in [1.82, 2.24) is 15.2 Å². The van der Waals surface area contributed by atoms with Gasteiger partial charge in [0.15, 0.2) is 0 Å². The van der Waals surface area contributed by atoms with Gasteiger partial charge in [0.2, 0.25) is 0 Å². The van der Waals surface area contributed by atoms with Gasteiger partial charge in [-0.3, -0.25) is 4.98 Å². The molecule has 1 atom stereocenters. The zero-order chi connectivity index (χ0) is 15.0. The summed E-state index contributed by atoms with van der Waals surface area (Å²) in [5, 5.41) is 11.5. The number of aromatic nitrogens is 1. The van der Waals surface area contributed by atoms with E-state index in [0.29, 0.717) is 25.8 Å². The van der Waals surface area contributed by atoms with Gasteiger partial charge in [0.25, 0.3) is 0 Å². The number of carbonyl (C=O) groups excluding carboxylic acids is 1. The number of amides is 2. The second kappa shape index (κ2) is 8.14. The number of nitrogens with one attached hydrogen (secondary N) is 1. The van der Waals surface area contributed by atoms with E-state index >= 15 is 0 Å². The molecule has 0 bridgehead atoms. The van der Waals surface area contributed by atoms with Crippen LogP contribution in [0.4, 0.5) is 4.79 Å². The fourth-order valence-corrected chi connectivity index (χ4v) is 1.75. The Balaban J connectivity index is 2.44. The van der Waals surface area contributed by atoms with Crippen molar-refractivity contribution < 1.29 is 14.7 Å². The average Bonchev–Trinajstić information content (AvgIpc) is 2.45. The molecule has 110 valence electrons. The zero-order valence-electron chi connectivity index (χ0n) is 11.9. The average molecular weight is 279 g/mol. The molecule has 1 aromatic rings. The van der Waals surface area contributed by atoms with Gasteiger partial charge in [-0.1, -0.05) is 13.3 Å². The smallest absolute Gasteiger partial charge is 0.326 e. The molecule has 2 N–H and O–H groups in total. The minimum absolute atomic E-state index is 0.361. The lowest BCUT2D eigenvalue weighted by molar-refractivity contribution is -0.139. The van der Waals surface area contributed by atoms with Gasteiger partial charge < -0.3 is 15.3 Å². The van der Waals surface area contributed by atoms with Gasteiger partial charge in [0, 0.05) is 26.0 Å². The lowest BCUT2D eigenvalue weighted by Crippen LogP contribution is -2.47. The van der Waals surface area contributed by atoms with Crippen molar-refractivity contribution in [3.8, 4) is 0 Å². The molecule has 0 aromatic carbocycles. The molecule has 1 aromatic heterocycles. The van der Waals surface area contributed by atoms with Crippen LogP contribution in [0.25, 0.3) is 0 Å². The summed E-state index contributed by atoms with van der Waals surface area (Å²) in [6, 6.07) is 2.60. The number of hydrogen-bond donors (Lipinski definition) is 2. The number of pyridine rings is 1. The number of carboxylic acids is 1. The summed E-state index contributed by atoms with van der Waals surface area (Å²) < 4.78 is 0. The SMILES string of the molecule is CCC[C@H](NC(=O)N(C)CCc1ccncc1)C(=O)O. The molecule has 0 saturated heterocycles. The largest absolute Gasteiger partial charge is 0.480 e. The van der Waals surface area contributed by atoms with Crippen molar-refractivity contribution >= 4 is 12.0 Å². The Kier molecular flexibility index (Phi) is 6.49. The van der Waals surface area contributed by atoms with E-state index in [1.165, 1.54) is 4.90 Å². The Bertz CT molecular complexity index is 437. The first-order chi connectivity index (χ1) is 9.54. The molecule has 0 spiro atoms. The third kappa shape index (κ3) is 5.26. The fourth-order valence-electron chi connectivity index (χ4n) is 1.75. The van der Waals surface area contributed by atoms with Crippen molar-refractivity contribution in [2.75, 3.05) is 13.6 Å². The molecule has 20 heavy (non-hydrogen) atoms. The second-order valence-electron chi connectivity index (χ2n) is 4.66. The molecular formula is C14H21N3O3. The van der Waals surface area contributed by atoms with Crippen LogP contribution in [0.5, 0.6) is 0 Å². The van der Waals surface area contributed by atoms with Crippen LogP contribution in [0.3, 0.4) is 0 Å². The molecule has 0 fully saturated rings. The van der Waals surface area contributed by atoms with E-state index in [-0.39, 0.29) is 6.03 Å². The molecular weight excluding hydrogens is 258 g/mol. The second-order valence-corrected chi connectivity index (χ2v) is 4.66. The number of carbonyl (C=O) groups is 2. The van der Waals surface area contributed by atoms with Crippen molar-refractivity contribution in [2.45, 2.75) is 32.2 Å². The molecule has 0 unspecified atom stereocenters. The van der Waals surface area contributed by atoms with E-state index < -0.39 is 12.0 Å². The zero-order valence-corrected chi connectivity index (χ0v) is 11.9. The van der Waals surface area contributed by atoms with Crippen LogP contribution in [0, 0.1) is 0 Å². The van der Waals surface area contributed by atoms with Crippen molar-refractivity contribution in [1.29, 1.82) is 0 Å². The minimum Gasteiger partial charge on any atom is -0.480 e. The predicted molar refractivity (Wildman–Crippen MR) is 75.4 cm³/mol. The summed E-state index contributed by atoms with van der Waals surface area (Å²) in [6.07, 6.45) is 5.25. The van der Waals surface area contributed by atoms with Gasteiger partial charge in [-0.2, -0.15) is 0 Å². The molecule has 0 aliphatic rings. The highest BCUT2D eigenvalue weighted by Gasteiger charge is 2.20. The third-order valence-electron chi connectivity index (χ3n) is 3.01. The van der Waals surface area contributed by atoms with Crippen LogP contribution in [0.15, 0.2) is 24.5 Å². The number of rotatable bonds is 7. The van der Waals surface area contributed by atoms with E-state index in [1.807, 2.05) is 19.1 Å². The quantitative estimate of drug-likeness (QED) is 0.792. The van der Waals surface area contributed by atoms with Gasteiger partial charge in [-0.25, -0.2) is 9.59 Å². The number of likely N-dealkylation sites (N-methyl/N-ethyl adjacent to an activating group) is 1. The lowest BCUT2D eigenvalue weighted by Gasteiger charge is -2.21. The van der Waals surface area contributed by atoms with E-state index in [2.05, 4.69) is 10.3 Å². The first-order valence-corrected chi connectivity index (χ1v) is 6.68. The number of hydrogen-bond acceptors (Lipinski definition) is 3. The summed E-state index contributed by atoms with van der Waals surface area (Å²) >= 11 is 0. The molecule has 0 radical (unpaired) electrons. The molecule has 1 heterocycles. The molecule has 6 heteroatoms. The van der Waals surface area contributed by atoms with Gasteiger partial charge in [0.1, 0.15) is 6.04 Å². The maximum absolute atomic E-state index is 11.9. The highest BCUT2D eigenvalue weighted by atomic mass is 16.4. The summed E-state index contributed by atoms with van der Waals surface area (Å²) in [4.78, 5) is 28.3. The number of nitrogens with zero attached hydrogens (tertiary/aromatic N) is 2. The van der Waals surface area contributed by atoms with Crippen molar-refractivity contribution in [3.05, 3.63) is 30.1 Å². The van der Waals surface area contributed by atoms with E-state index in [1.54, 1.807) is 19.4 Å². The molecule has 0 aliphatic heterocycles. The minimum atomic E-state index is -0.997. The first kappa shape index (κ1) is 15.9. The Morgan fingerprint density at radius 2 is 2.05 bits per heavy atom. The van der Waals surface area contributed by atoms with Gasteiger partial charge >= 0.3 is 12.0 Å². The van der Waals surface area contributed by atoms with Crippen LogP contribution >= 0.6 is 0 Å². The Hall–Kier alpha value is -2.11. The molecule has 6 nitrogen and oxygen atoms in total. The molecule has 0 aliphatic carbocycles. The van der Waals surface area contributed by atoms with Gasteiger partial charge in [0.05, 0.1) is 0 Å². The highest BCUT2D eigenvalue weighted by molar-refractivity contribution is 5.82. The van der Waals surface area contributed by atoms with Crippen molar-refractivity contribution in [3.63, 3.8) is 0 Å². The molecule has 1 rings (SSSR count). The number of aliphatic carboxylic acids is 1. The normalized spacial score (nSPS) is 11.7. The van der Waals surface area contributed by atoms with Gasteiger partial charge in [-0.15, -0.1) is 0 Å². The van der Waals surface area contributed by atoms with Crippen LogP contribution in [-0.2, 0) is 11.2 Å². The Morgan fingerprint density at radius 3 is 2.60 bits per heavy atom. The third-order valence-corrected chi connectivity index (χ3v) is 3.01. The van der Waals surface area contributed by atoms with Crippen LogP contribution < -0.4 is 5.32 Å². The number of urea groups is 1. The van der Waals surface area contributed by atoms with Crippen LogP contribution in [0.1, 0.15) is 25.3 Å². The highest BCUT2D eigenvalue weighted by Crippen LogP contribution is 2.01. The molecule has 2 amide bonds. The first-order valence-electron chi connectivity index (χ1n) is 6.68. The molecule has 0 saturated carbocycles. The maximum atomic E-state index is 11.9. The van der Waals surface area contributed by atoms with Crippen LogP contribution in [-0.4, -0.2) is 46.6 Å². The van der Waals surface area contributed by atoms with Crippen LogP contribution in [0.2, 0.25) is 0 Å².